The lowest BCUT2D eigenvalue weighted by Crippen LogP contribution is -2.48. The van der Waals surface area contributed by atoms with Crippen LogP contribution in [0.5, 0.6) is 0 Å². The summed E-state index contributed by atoms with van der Waals surface area (Å²) in [7, 11) is 0. The van der Waals surface area contributed by atoms with Gasteiger partial charge in [-0.05, 0) is 43.4 Å². The van der Waals surface area contributed by atoms with Gasteiger partial charge in [-0.25, -0.2) is 0 Å². The lowest BCUT2D eigenvalue weighted by molar-refractivity contribution is -0.123. The maximum atomic E-state index is 11.9. The normalized spacial score (nSPS) is 19.9. The minimum atomic E-state index is -0.685. The largest absolute Gasteiger partial charge is 0.388 e. The van der Waals surface area contributed by atoms with Crippen LogP contribution in [0.4, 0.5) is 5.69 Å². The van der Waals surface area contributed by atoms with Gasteiger partial charge in [-0.1, -0.05) is 12.1 Å². The van der Waals surface area contributed by atoms with Gasteiger partial charge in [0, 0.05) is 25.2 Å². The molecular weight excluding hydrogens is 280 g/mol. The average Bonchev–Trinajstić information content (AvgIpc) is 2.90. The Bertz CT molecular complexity index is 564. The van der Waals surface area contributed by atoms with E-state index in [0.717, 1.165) is 43.5 Å². The molecule has 5 nitrogen and oxygen atoms in total. The minimum Gasteiger partial charge on any atom is -0.388 e. The highest BCUT2D eigenvalue weighted by atomic mass is 16.3. The first-order chi connectivity index (χ1) is 10.6. The molecule has 2 fully saturated rings. The van der Waals surface area contributed by atoms with E-state index < -0.39 is 5.60 Å². The number of carbonyl (C=O) groups excluding carboxylic acids is 2. The van der Waals surface area contributed by atoms with Gasteiger partial charge in [-0.3, -0.25) is 9.59 Å². The summed E-state index contributed by atoms with van der Waals surface area (Å²) >= 11 is 0. The highest BCUT2D eigenvalue weighted by Crippen LogP contribution is 2.30. The SMILES string of the molecule is O=C(Cc1ccc(N2CCCC2=O)cc1)NCC1(O)CCC1. The van der Waals surface area contributed by atoms with Crippen LogP contribution in [0, 0.1) is 0 Å². The molecule has 2 aliphatic rings. The Morgan fingerprint density at radius 1 is 1.23 bits per heavy atom. The van der Waals surface area contributed by atoms with Crippen LogP contribution in [0.3, 0.4) is 0 Å². The highest BCUT2D eigenvalue weighted by Gasteiger charge is 2.34. The van der Waals surface area contributed by atoms with Crippen LogP contribution in [0.1, 0.15) is 37.7 Å². The van der Waals surface area contributed by atoms with Crippen LogP contribution in [-0.4, -0.2) is 35.6 Å². The lowest BCUT2D eigenvalue weighted by Gasteiger charge is -2.36. The van der Waals surface area contributed by atoms with Gasteiger partial charge < -0.3 is 15.3 Å². The molecule has 2 amide bonds. The second-order valence-corrected chi connectivity index (χ2v) is 6.35. The summed E-state index contributed by atoms with van der Waals surface area (Å²) in [6.45, 7) is 1.11. The highest BCUT2D eigenvalue weighted by molar-refractivity contribution is 5.95. The molecule has 0 bridgehead atoms. The number of nitrogens with one attached hydrogen (secondary N) is 1. The summed E-state index contributed by atoms with van der Waals surface area (Å²) in [6, 6.07) is 7.56. The molecule has 0 atom stereocenters. The standard InChI is InChI=1S/C17H22N2O3/c20-15(18-12-17(22)8-2-9-17)11-13-4-6-14(7-5-13)19-10-1-3-16(19)21/h4-7,22H,1-3,8-12H2,(H,18,20). The van der Waals surface area contributed by atoms with Gasteiger partial charge in [0.2, 0.25) is 11.8 Å². The van der Waals surface area contributed by atoms with E-state index in [0.29, 0.717) is 19.4 Å². The summed E-state index contributed by atoms with van der Waals surface area (Å²) in [4.78, 5) is 25.4. The molecule has 0 unspecified atom stereocenters. The van der Waals surface area contributed by atoms with E-state index in [2.05, 4.69) is 5.32 Å². The number of nitrogens with zero attached hydrogens (tertiary/aromatic N) is 1. The van der Waals surface area contributed by atoms with Crippen molar-refractivity contribution in [3.8, 4) is 0 Å². The molecule has 1 saturated heterocycles. The second-order valence-electron chi connectivity index (χ2n) is 6.35. The molecule has 1 aliphatic heterocycles. The number of rotatable bonds is 5. The molecule has 1 heterocycles. The molecule has 1 aromatic rings. The molecule has 1 saturated carbocycles. The van der Waals surface area contributed by atoms with Crippen LogP contribution in [0.15, 0.2) is 24.3 Å². The van der Waals surface area contributed by atoms with E-state index in [1.807, 2.05) is 24.3 Å². The molecule has 1 aliphatic carbocycles. The van der Waals surface area contributed by atoms with Gasteiger partial charge in [0.25, 0.3) is 0 Å². The Kier molecular flexibility index (Phi) is 4.16. The summed E-state index contributed by atoms with van der Waals surface area (Å²) < 4.78 is 0. The monoisotopic (exact) mass is 302 g/mol. The summed E-state index contributed by atoms with van der Waals surface area (Å²) in [5, 5.41) is 12.8. The van der Waals surface area contributed by atoms with E-state index in [1.165, 1.54) is 0 Å². The van der Waals surface area contributed by atoms with Crippen LogP contribution in [-0.2, 0) is 16.0 Å². The Morgan fingerprint density at radius 2 is 1.95 bits per heavy atom. The van der Waals surface area contributed by atoms with Crippen molar-refractivity contribution in [2.75, 3.05) is 18.0 Å². The number of carbonyl (C=O) groups is 2. The molecule has 0 aromatic heterocycles. The Hall–Kier alpha value is -1.88. The number of anilines is 1. The quantitative estimate of drug-likeness (QED) is 0.863. The van der Waals surface area contributed by atoms with Crippen LogP contribution < -0.4 is 10.2 Å². The molecule has 0 spiro atoms. The van der Waals surface area contributed by atoms with E-state index in [9.17, 15) is 14.7 Å². The van der Waals surface area contributed by atoms with Crippen LogP contribution in [0.2, 0.25) is 0 Å². The topological polar surface area (TPSA) is 69.6 Å². The number of hydrogen-bond acceptors (Lipinski definition) is 3. The first-order valence-corrected chi connectivity index (χ1v) is 7.94. The lowest BCUT2D eigenvalue weighted by atomic mass is 9.80. The number of benzene rings is 1. The Labute approximate surface area is 130 Å². The number of hydrogen-bond donors (Lipinski definition) is 2. The molecule has 1 aromatic carbocycles. The molecule has 5 heteroatoms. The average molecular weight is 302 g/mol. The van der Waals surface area contributed by atoms with Crippen molar-refractivity contribution >= 4 is 17.5 Å². The molecule has 0 radical (unpaired) electrons. The Morgan fingerprint density at radius 3 is 2.50 bits per heavy atom. The Balaban J connectivity index is 1.52. The second kappa shape index (κ2) is 6.08. The maximum absolute atomic E-state index is 11.9. The fourth-order valence-corrected chi connectivity index (χ4v) is 2.99. The van der Waals surface area contributed by atoms with Crippen molar-refractivity contribution in [1.29, 1.82) is 0 Å². The van der Waals surface area contributed by atoms with Crippen molar-refractivity contribution in [2.45, 2.75) is 44.1 Å². The van der Waals surface area contributed by atoms with E-state index in [1.54, 1.807) is 4.90 Å². The van der Waals surface area contributed by atoms with Crippen molar-refractivity contribution < 1.29 is 14.7 Å². The summed E-state index contributed by atoms with van der Waals surface area (Å²) in [6.07, 6.45) is 4.39. The minimum absolute atomic E-state index is 0.0784. The number of amides is 2. The van der Waals surface area contributed by atoms with Crippen LogP contribution in [0.25, 0.3) is 0 Å². The fraction of sp³-hybridized carbons (Fsp3) is 0.529. The third-order valence-electron chi connectivity index (χ3n) is 4.58. The zero-order valence-electron chi connectivity index (χ0n) is 12.7. The molecule has 22 heavy (non-hydrogen) atoms. The van der Waals surface area contributed by atoms with Gasteiger partial charge in [-0.15, -0.1) is 0 Å². The van der Waals surface area contributed by atoms with Crippen LogP contribution >= 0.6 is 0 Å². The zero-order valence-corrected chi connectivity index (χ0v) is 12.7. The first kappa shape index (κ1) is 15.0. The third-order valence-corrected chi connectivity index (χ3v) is 4.58. The molecular formula is C17H22N2O3. The predicted molar refractivity (Wildman–Crippen MR) is 83.5 cm³/mol. The van der Waals surface area contributed by atoms with Gasteiger partial charge in [0.1, 0.15) is 0 Å². The van der Waals surface area contributed by atoms with Gasteiger partial charge in [0.05, 0.1) is 12.0 Å². The van der Waals surface area contributed by atoms with Crippen molar-refractivity contribution in [3.05, 3.63) is 29.8 Å². The number of aliphatic hydroxyl groups is 1. The van der Waals surface area contributed by atoms with Crippen molar-refractivity contribution in [3.63, 3.8) is 0 Å². The van der Waals surface area contributed by atoms with Gasteiger partial charge in [-0.2, -0.15) is 0 Å². The van der Waals surface area contributed by atoms with E-state index >= 15 is 0 Å². The van der Waals surface area contributed by atoms with Crippen molar-refractivity contribution in [2.24, 2.45) is 0 Å². The van der Waals surface area contributed by atoms with E-state index in [-0.39, 0.29) is 11.8 Å². The zero-order chi connectivity index (χ0) is 15.6. The fourth-order valence-electron chi connectivity index (χ4n) is 2.99. The summed E-state index contributed by atoms with van der Waals surface area (Å²) in [5.74, 6) is 0.0876. The smallest absolute Gasteiger partial charge is 0.227 e. The maximum Gasteiger partial charge on any atom is 0.227 e. The molecule has 118 valence electrons. The predicted octanol–water partition coefficient (Wildman–Crippen LogP) is 1.39. The van der Waals surface area contributed by atoms with Gasteiger partial charge in [0.15, 0.2) is 0 Å². The summed E-state index contributed by atoms with van der Waals surface area (Å²) in [5.41, 5.74) is 1.12. The van der Waals surface area contributed by atoms with Crippen molar-refractivity contribution in [1.82, 2.24) is 5.32 Å². The first-order valence-electron chi connectivity index (χ1n) is 7.94. The molecule has 3 rings (SSSR count). The third kappa shape index (κ3) is 3.30. The van der Waals surface area contributed by atoms with E-state index in [4.69, 9.17) is 0 Å². The van der Waals surface area contributed by atoms with Gasteiger partial charge >= 0.3 is 0 Å². The molecule has 2 N–H and O–H groups in total.